The Hall–Kier alpha value is -2.28. The van der Waals surface area contributed by atoms with Gasteiger partial charge in [-0.25, -0.2) is 0 Å². The number of rotatable bonds is 10. The largest absolute Gasteiger partial charge is 0.492 e. The van der Waals surface area contributed by atoms with Crippen molar-refractivity contribution in [3.8, 4) is 5.75 Å². The zero-order chi connectivity index (χ0) is 21.8. The van der Waals surface area contributed by atoms with Gasteiger partial charge < -0.3 is 24.6 Å². The van der Waals surface area contributed by atoms with Gasteiger partial charge in [0.2, 0.25) is 0 Å². The molecule has 0 saturated carbocycles. The summed E-state index contributed by atoms with van der Waals surface area (Å²) in [6.45, 7) is 12.5. The van der Waals surface area contributed by atoms with E-state index in [0.29, 0.717) is 19.8 Å². The Morgan fingerprint density at radius 2 is 1.90 bits per heavy atom. The highest BCUT2D eigenvalue weighted by molar-refractivity contribution is 5.80. The van der Waals surface area contributed by atoms with E-state index >= 15 is 0 Å². The monoisotopic (exact) mass is 418 g/mol. The van der Waals surface area contributed by atoms with Crippen LogP contribution in [0.3, 0.4) is 0 Å². The Kier molecular flexibility index (Phi) is 10.5. The molecule has 7 nitrogen and oxygen atoms in total. The predicted molar refractivity (Wildman–Crippen MR) is 121 cm³/mol. The van der Waals surface area contributed by atoms with Gasteiger partial charge >= 0.3 is 5.97 Å². The Morgan fingerprint density at radius 3 is 2.53 bits per heavy atom. The highest BCUT2D eigenvalue weighted by Gasteiger charge is 2.27. The van der Waals surface area contributed by atoms with Crippen molar-refractivity contribution in [2.75, 3.05) is 53.0 Å². The standard InChI is InChI=1S/C23H38N4O3/c1-5-26(6-2)16-17-30-21-11-9-8-10-20(21)18-25-23(24-4)27-14-12-19(13-15-27)22(28)29-7-3/h8-11,19H,5-7,12-18H2,1-4H3,(H,24,25). The van der Waals surface area contributed by atoms with Gasteiger partial charge in [0, 0.05) is 38.8 Å². The Bertz CT molecular complexity index is 668. The minimum absolute atomic E-state index is 0.000704. The molecule has 7 heteroatoms. The predicted octanol–water partition coefficient (Wildman–Crippen LogP) is 2.76. The van der Waals surface area contributed by atoms with Gasteiger partial charge in [0.1, 0.15) is 12.4 Å². The second-order valence-electron chi connectivity index (χ2n) is 7.40. The van der Waals surface area contributed by atoms with Crippen LogP contribution in [0, 0.1) is 5.92 Å². The number of esters is 1. The first-order valence-corrected chi connectivity index (χ1v) is 11.2. The van der Waals surface area contributed by atoms with Gasteiger partial charge in [0.15, 0.2) is 5.96 Å². The molecule has 0 amide bonds. The van der Waals surface area contributed by atoms with Gasteiger partial charge in [-0.1, -0.05) is 32.0 Å². The molecule has 1 N–H and O–H groups in total. The number of nitrogens with one attached hydrogen (secondary N) is 1. The van der Waals surface area contributed by atoms with E-state index < -0.39 is 0 Å². The number of aliphatic imine (C=N–C) groups is 1. The average molecular weight is 419 g/mol. The van der Waals surface area contributed by atoms with E-state index in [2.05, 4.69) is 40.0 Å². The highest BCUT2D eigenvalue weighted by atomic mass is 16.5. The van der Waals surface area contributed by atoms with Crippen molar-refractivity contribution >= 4 is 11.9 Å². The molecular formula is C23H38N4O3. The number of piperidine rings is 1. The van der Waals surface area contributed by atoms with Crippen LogP contribution < -0.4 is 10.1 Å². The van der Waals surface area contributed by atoms with Crippen molar-refractivity contribution in [1.82, 2.24) is 15.1 Å². The van der Waals surface area contributed by atoms with E-state index in [1.54, 1.807) is 7.05 Å². The highest BCUT2D eigenvalue weighted by Crippen LogP contribution is 2.20. The first-order chi connectivity index (χ1) is 14.6. The second-order valence-corrected chi connectivity index (χ2v) is 7.40. The summed E-state index contributed by atoms with van der Waals surface area (Å²) in [6.07, 6.45) is 1.59. The molecule has 0 atom stereocenters. The third kappa shape index (κ3) is 7.20. The number of hydrogen-bond donors (Lipinski definition) is 1. The van der Waals surface area contributed by atoms with Crippen LogP contribution in [0.2, 0.25) is 0 Å². The van der Waals surface area contributed by atoms with Crippen molar-refractivity contribution in [2.24, 2.45) is 10.9 Å². The molecule has 2 rings (SSSR count). The summed E-state index contributed by atoms with van der Waals surface area (Å²) in [5, 5.41) is 3.46. The summed E-state index contributed by atoms with van der Waals surface area (Å²) in [7, 11) is 1.80. The molecule has 168 valence electrons. The number of likely N-dealkylation sites (tertiary alicyclic amines) is 1. The van der Waals surface area contributed by atoms with Crippen molar-refractivity contribution in [3.63, 3.8) is 0 Å². The molecule has 1 fully saturated rings. The number of likely N-dealkylation sites (N-methyl/N-ethyl adjacent to an activating group) is 1. The molecule has 1 heterocycles. The van der Waals surface area contributed by atoms with Crippen LogP contribution in [-0.2, 0) is 16.1 Å². The first-order valence-electron chi connectivity index (χ1n) is 11.2. The van der Waals surface area contributed by atoms with Crippen LogP contribution >= 0.6 is 0 Å². The van der Waals surface area contributed by atoms with Crippen LogP contribution in [0.15, 0.2) is 29.3 Å². The van der Waals surface area contributed by atoms with Gasteiger partial charge in [-0.2, -0.15) is 0 Å². The number of ether oxygens (including phenoxy) is 2. The summed E-state index contributed by atoms with van der Waals surface area (Å²) >= 11 is 0. The lowest BCUT2D eigenvalue weighted by Gasteiger charge is -2.33. The average Bonchev–Trinajstić information content (AvgIpc) is 2.78. The quantitative estimate of drug-likeness (QED) is 0.358. The topological polar surface area (TPSA) is 66.4 Å². The zero-order valence-electron chi connectivity index (χ0n) is 19.0. The molecule has 1 aromatic rings. The number of guanidine groups is 1. The van der Waals surface area contributed by atoms with Gasteiger partial charge in [0.25, 0.3) is 0 Å². The van der Waals surface area contributed by atoms with Crippen LogP contribution in [0.1, 0.15) is 39.2 Å². The fraction of sp³-hybridized carbons (Fsp3) is 0.652. The molecule has 30 heavy (non-hydrogen) atoms. The second kappa shape index (κ2) is 13.1. The summed E-state index contributed by atoms with van der Waals surface area (Å²) in [6, 6.07) is 8.14. The smallest absolute Gasteiger partial charge is 0.309 e. The van der Waals surface area contributed by atoms with E-state index in [9.17, 15) is 4.79 Å². The summed E-state index contributed by atoms with van der Waals surface area (Å²) in [5.41, 5.74) is 1.11. The molecule has 0 bridgehead atoms. The van der Waals surface area contributed by atoms with E-state index in [1.807, 2.05) is 25.1 Å². The zero-order valence-corrected chi connectivity index (χ0v) is 19.0. The lowest BCUT2D eigenvalue weighted by atomic mass is 9.97. The van der Waals surface area contributed by atoms with Crippen molar-refractivity contribution < 1.29 is 14.3 Å². The fourth-order valence-corrected chi connectivity index (χ4v) is 3.71. The molecule has 1 aliphatic heterocycles. The van der Waals surface area contributed by atoms with Gasteiger partial charge in [0.05, 0.1) is 12.5 Å². The minimum Gasteiger partial charge on any atom is -0.492 e. The van der Waals surface area contributed by atoms with Crippen molar-refractivity contribution in [1.29, 1.82) is 0 Å². The minimum atomic E-state index is -0.0733. The number of hydrogen-bond acceptors (Lipinski definition) is 5. The number of carbonyl (C=O) groups is 1. The number of benzene rings is 1. The first kappa shape index (κ1) is 24.0. The van der Waals surface area contributed by atoms with E-state index in [4.69, 9.17) is 9.47 Å². The maximum absolute atomic E-state index is 12.0. The normalized spacial score (nSPS) is 15.4. The molecular weight excluding hydrogens is 380 g/mol. The molecule has 1 aliphatic rings. The lowest BCUT2D eigenvalue weighted by Crippen LogP contribution is -2.46. The summed E-state index contributed by atoms with van der Waals surface area (Å²) in [4.78, 5) is 21.0. The van der Waals surface area contributed by atoms with Gasteiger partial charge in [-0.15, -0.1) is 0 Å². The SMILES string of the molecule is CCOC(=O)C1CCN(C(=NC)NCc2ccccc2OCCN(CC)CC)CC1. The molecule has 0 aromatic heterocycles. The van der Waals surface area contributed by atoms with E-state index in [1.165, 1.54) is 0 Å². The number of nitrogens with zero attached hydrogens (tertiary/aromatic N) is 3. The molecule has 0 radical (unpaired) electrons. The molecule has 0 aliphatic carbocycles. The molecule has 1 saturated heterocycles. The third-order valence-corrected chi connectivity index (χ3v) is 5.60. The third-order valence-electron chi connectivity index (χ3n) is 5.60. The number of carbonyl (C=O) groups excluding carboxylic acids is 1. The van der Waals surface area contributed by atoms with E-state index in [0.717, 1.165) is 62.8 Å². The Labute approximate surface area is 181 Å². The van der Waals surface area contributed by atoms with Crippen LogP contribution in [0.4, 0.5) is 0 Å². The van der Waals surface area contributed by atoms with E-state index in [-0.39, 0.29) is 11.9 Å². The van der Waals surface area contributed by atoms with Crippen LogP contribution in [0.5, 0.6) is 5.75 Å². The van der Waals surface area contributed by atoms with Crippen LogP contribution in [0.25, 0.3) is 0 Å². The van der Waals surface area contributed by atoms with Crippen molar-refractivity contribution in [3.05, 3.63) is 29.8 Å². The fourth-order valence-electron chi connectivity index (χ4n) is 3.71. The molecule has 1 aromatic carbocycles. The molecule has 0 unspecified atom stereocenters. The number of para-hydroxylation sites is 1. The maximum atomic E-state index is 12.0. The lowest BCUT2D eigenvalue weighted by molar-refractivity contribution is -0.149. The van der Waals surface area contributed by atoms with Crippen LogP contribution in [-0.4, -0.2) is 74.7 Å². The van der Waals surface area contributed by atoms with Crippen molar-refractivity contribution in [2.45, 2.75) is 40.2 Å². The maximum Gasteiger partial charge on any atom is 0.309 e. The van der Waals surface area contributed by atoms with Gasteiger partial charge in [-0.05, 0) is 38.9 Å². The Morgan fingerprint density at radius 1 is 1.20 bits per heavy atom. The van der Waals surface area contributed by atoms with Gasteiger partial charge in [-0.3, -0.25) is 9.79 Å². The molecule has 0 spiro atoms. The summed E-state index contributed by atoms with van der Waals surface area (Å²) < 4.78 is 11.2. The summed E-state index contributed by atoms with van der Waals surface area (Å²) in [5.74, 6) is 1.69. The Balaban J connectivity index is 1.86.